The van der Waals surface area contributed by atoms with Crippen LogP contribution < -0.4 is 0 Å². The quantitative estimate of drug-likeness (QED) is 0.127. The van der Waals surface area contributed by atoms with E-state index in [-0.39, 0.29) is 17.5 Å². The second-order valence-corrected chi connectivity index (χ2v) is 11.8. The zero-order chi connectivity index (χ0) is 32.5. The van der Waals surface area contributed by atoms with Gasteiger partial charge in [0.2, 0.25) is 0 Å². The first-order valence-corrected chi connectivity index (χ1v) is 15.9. The summed E-state index contributed by atoms with van der Waals surface area (Å²) < 4.78 is 2.43. The lowest BCUT2D eigenvalue weighted by atomic mass is 9.90. The summed E-state index contributed by atoms with van der Waals surface area (Å²) in [7, 11) is 0. The molecule has 4 N–H and O–H groups in total. The summed E-state index contributed by atoms with van der Waals surface area (Å²) in [5, 5.41) is 42.8. The lowest BCUT2D eigenvalue weighted by molar-refractivity contribution is -0.532. The minimum absolute atomic E-state index is 0.0407. The Labute approximate surface area is 268 Å². The molecule has 238 valence electrons. The van der Waals surface area contributed by atoms with Crippen molar-refractivity contribution in [3.8, 4) is 11.5 Å². The van der Waals surface area contributed by atoms with Gasteiger partial charge in [-0.05, 0) is 71.6 Å². The largest absolute Gasteiger partial charge is 0.507 e. The van der Waals surface area contributed by atoms with Crippen LogP contribution in [-0.4, -0.2) is 74.2 Å². The van der Waals surface area contributed by atoms with Gasteiger partial charge in [0.25, 0.3) is 0 Å². The number of likely N-dealkylation sites (tertiary alicyclic amines) is 1. The summed E-state index contributed by atoms with van der Waals surface area (Å²) in [4.78, 5) is 25.6. The minimum atomic E-state index is -1.28. The molecule has 2 saturated heterocycles. The third kappa shape index (κ3) is 7.75. The highest BCUT2D eigenvalue weighted by Gasteiger charge is 2.22. The predicted octanol–water partition coefficient (Wildman–Crippen LogP) is 7.20. The average Bonchev–Trinajstić information content (AvgIpc) is 3.07. The van der Waals surface area contributed by atoms with Crippen molar-refractivity contribution in [2.45, 2.75) is 44.9 Å². The van der Waals surface area contributed by atoms with Crippen molar-refractivity contribution in [2.75, 3.05) is 26.2 Å². The summed E-state index contributed by atoms with van der Waals surface area (Å²) >= 11 is 0. The van der Waals surface area contributed by atoms with Gasteiger partial charge in [-0.15, -0.1) is 0 Å². The van der Waals surface area contributed by atoms with E-state index in [1.807, 2.05) is 0 Å². The molecule has 0 saturated carbocycles. The van der Waals surface area contributed by atoms with Crippen LogP contribution in [0.3, 0.4) is 0 Å². The fourth-order valence-electron chi connectivity index (χ4n) is 6.23. The van der Waals surface area contributed by atoms with Crippen molar-refractivity contribution < 1.29 is 34.6 Å². The standard InChI is InChI=1S/C23H16O6.C15H25N2/c24-20-16(14-7-3-1-5-12(14)9-18(20)22(26)27)11-17-15-8-4-2-6-13(15)10-19(21(17)25)23(28)29;1-4-10-16(11-5-1)14-8-3-9-15-17-12-6-2-7-13-17/h1-10,24-25H,11H2,(H,26,27)(H,28,29);3,8-9,14-15H,1-2,4-7,10-13H2/q;+1. The molecule has 2 aliphatic heterocycles. The zero-order valence-electron chi connectivity index (χ0n) is 25.9. The molecule has 8 nitrogen and oxygen atoms in total. The van der Waals surface area contributed by atoms with Gasteiger partial charge >= 0.3 is 11.9 Å². The van der Waals surface area contributed by atoms with Crippen LogP contribution in [0.4, 0.5) is 0 Å². The molecule has 0 aliphatic carbocycles. The fraction of sp³-hybridized carbons (Fsp3) is 0.289. The molecule has 0 radical (unpaired) electrons. The maximum atomic E-state index is 11.6. The second kappa shape index (κ2) is 15.3. The second-order valence-electron chi connectivity index (χ2n) is 11.8. The molecule has 0 aromatic heterocycles. The molecule has 4 aromatic rings. The Kier molecular flexibility index (Phi) is 10.7. The number of benzene rings is 4. The molecule has 2 aliphatic rings. The van der Waals surface area contributed by atoms with Crippen molar-refractivity contribution >= 4 is 39.7 Å². The molecule has 0 unspecified atom stereocenters. The zero-order valence-corrected chi connectivity index (χ0v) is 25.9. The molecule has 46 heavy (non-hydrogen) atoms. The number of piperidine rings is 2. The number of nitrogens with zero attached hydrogens (tertiary/aromatic N) is 2. The van der Waals surface area contributed by atoms with E-state index in [9.17, 15) is 30.0 Å². The Balaban J connectivity index is 0.000000209. The maximum absolute atomic E-state index is 11.6. The van der Waals surface area contributed by atoms with Crippen LogP contribution >= 0.6 is 0 Å². The first-order valence-electron chi connectivity index (χ1n) is 15.9. The monoisotopic (exact) mass is 621 g/mol. The highest BCUT2D eigenvalue weighted by atomic mass is 16.4. The highest BCUT2D eigenvalue weighted by molar-refractivity contribution is 6.02. The molecule has 8 heteroatoms. The number of carboxylic acid groups (broad SMARTS) is 2. The van der Waals surface area contributed by atoms with Crippen LogP contribution in [0.2, 0.25) is 0 Å². The van der Waals surface area contributed by atoms with Crippen LogP contribution in [0.5, 0.6) is 11.5 Å². The van der Waals surface area contributed by atoms with Crippen molar-refractivity contribution in [3.05, 3.63) is 107 Å². The average molecular weight is 622 g/mol. The Morgan fingerprint density at radius 2 is 1.17 bits per heavy atom. The number of rotatable bonds is 7. The molecule has 2 fully saturated rings. The number of fused-ring (bicyclic) bond motifs is 2. The number of carbonyl (C=O) groups is 2. The van der Waals surface area contributed by atoms with E-state index in [4.69, 9.17) is 0 Å². The first-order chi connectivity index (χ1) is 22.3. The van der Waals surface area contributed by atoms with Crippen LogP contribution in [0.1, 0.15) is 70.4 Å². The molecular formula is C38H41N2O6+. The number of hydrogen-bond acceptors (Lipinski definition) is 5. The summed E-state index contributed by atoms with van der Waals surface area (Å²) in [6, 6.07) is 16.8. The molecule has 0 atom stereocenters. The Morgan fingerprint density at radius 1 is 0.674 bits per heavy atom. The van der Waals surface area contributed by atoms with Crippen molar-refractivity contribution in [3.63, 3.8) is 0 Å². The Bertz CT molecular complexity index is 1710. The highest BCUT2D eigenvalue weighted by Crippen LogP contribution is 2.38. The van der Waals surface area contributed by atoms with Crippen LogP contribution in [0, 0.1) is 0 Å². The van der Waals surface area contributed by atoms with Gasteiger partial charge in [-0.25, -0.2) is 14.2 Å². The maximum Gasteiger partial charge on any atom is 0.339 e. The van der Waals surface area contributed by atoms with E-state index >= 15 is 0 Å². The summed E-state index contributed by atoms with van der Waals surface area (Å²) in [5.41, 5.74) is 0.112. The molecular weight excluding hydrogens is 580 g/mol. The third-order valence-electron chi connectivity index (χ3n) is 8.67. The van der Waals surface area contributed by atoms with E-state index in [2.05, 4.69) is 40.1 Å². The van der Waals surface area contributed by atoms with Crippen LogP contribution in [0.15, 0.2) is 85.1 Å². The van der Waals surface area contributed by atoms with Gasteiger partial charge in [0.15, 0.2) is 6.21 Å². The molecule has 0 bridgehead atoms. The normalized spacial score (nSPS) is 15.3. The topological polar surface area (TPSA) is 121 Å². The van der Waals surface area contributed by atoms with E-state index in [1.165, 1.54) is 76.8 Å². The lowest BCUT2D eigenvalue weighted by Gasteiger charge is -2.24. The SMILES string of the molecule is C(/C=C/C=C/N1CCCCC1)=[N+]1CCCCC1.O=C(O)c1cc2ccccc2c(Cc2c(O)c(C(=O)O)cc3ccccc23)c1O. The molecule has 4 aromatic carbocycles. The number of hydrogen-bond donors (Lipinski definition) is 4. The van der Waals surface area contributed by atoms with Gasteiger partial charge in [-0.1, -0.05) is 54.6 Å². The van der Waals surface area contributed by atoms with Crippen LogP contribution in [-0.2, 0) is 6.42 Å². The van der Waals surface area contributed by atoms with E-state index in [1.54, 1.807) is 48.5 Å². The fourth-order valence-corrected chi connectivity index (χ4v) is 6.23. The lowest BCUT2D eigenvalue weighted by Crippen LogP contribution is -2.23. The third-order valence-corrected chi connectivity index (χ3v) is 8.67. The Hall–Kier alpha value is -5.11. The number of carboxylic acids is 2. The molecule has 0 spiro atoms. The van der Waals surface area contributed by atoms with Crippen LogP contribution in [0.25, 0.3) is 21.5 Å². The molecule has 6 rings (SSSR count). The van der Waals surface area contributed by atoms with Gasteiger partial charge in [0.1, 0.15) is 35.7 Å². The van der Waals surface area contributed by atoms with E-state index in [0.29, 0.717) is 32.7 Å². The van der Waals surface area contributed by atoms with Gasteiger partial charge in [0, 0.05) is 49.6 Å². The van der Waals surface area contributed by atoms with Crippen molar-refractivity contribution in [1.29, 1.82) is 0 Å². The molecule has 0 amide bonds. The number of aromatic hydroxyl groups is 2. The summed E-state index contributed by atoms with van der Waals surface area (Å²) in [5.74, 6) is -3.36. The number of allylic oxidation sites excluding steroid dienone is 3. The number of aromatic carboxylic acids is 2. The van der Waals surface area contributed by atoms with Crippen molar-refractivity contribution in [2.24, 2.45) is 0 Å². The van der Waals surface area contributed by atoms with Gasteiger partial charge in [-0.3, -0.25) is 0 Å². The smallest absolute Gasteiger partial charge is 0.339 e. The van der Waals surface area contributed by atoms with Gasteiger partial charge < -0.3 is 25.3 Å². The predicted molar refractivity (Wildman–Crippen MR) is 182 cm³/mol. The van der Waals surface area contributed by atoms with Gasteiger partial charge in [0.05, 0.1) is 0 Å². The summed E-state index contributed by atoms with van der Waals surface area (Å²) in [6.45, 7) is 4.95. The van der Waals surface area contributed by atoms with Crippen molar-refractivity contribution in [1.82, 2.24) is 4.90 Å². The van der Waals surface area contributed by atoms with E-state index < -0.39 is 23.4 Å². The number of phenols is 2. The summed E-state index contributed by atoms with van der Waals surface area (Å²) in [6.07, 6.45) is 19.2. The Morgan fingerprint density at radius 3 is 1.70 bits per heavy atom. The minimum Gasteiger partial charge on any atom is -0.507 e. The van der Waals surface area contributed by atoms with Gasteiger partial charge in [-0.2, -0.15) is 0 Å². The van der Waals surface area contributed by atoms with E-state index in [0.717, 1.165) is 0 Å². The first kappa shape index (κ1) is 32.3. The molecule has 2 heterocycles.